The van der Waals surface area contributed by atoms with Gasteiger partial charge < -0.3 is 5.32 Å². The number of rotatable bonds is 7. The molecule has 0 fully saturated rings. The van der Waals surface area contributed by atoms with Crippen LogP contribution in [0.5, 0.6) is 0 Å². The van der Waals surface area contributed by atoms with E-state index in [1.165, 1.54) is 0 Å². The fourth-order valence-corrected chi connectivity index (χ4v) is 3.29. The van der Waals surface area contributed by atoms with Gasteiger partial charge in [0.1, 0.15) is 0 Å². The smallest absolute Gasteiger partial charge is 0.218 e. The molecular weight excluding hydrogens is 224 g/mol. The molecule has 1 N–H and O–H groups in total. The zero-order chi connectivity index (χ0) is 12.9. The van der Waals surface area contributed by atoms with Crippen molar-refractivity contribution in [3.63, 3.8) is 0 Å². The lowest BCUT2D eigenvalue weighted by molar-refractivity contribution is 0.362. The van der Waals surface area contributed by atoms with E-state index >= 15 is 0 Å². The molecule has 0 spiro atoms. The summed E-state index contributed by atoms with van der Waals surface area (Å²) in [4.78, 5) is 0. The number of hydrogen-bond donors (Lipinski definition) is 1. The van der Waals surface area contributed by atoms with Crippen LogP contribution in [0.1, 0.15) is 41.5 Å². The molecule has 0 amide bonds. The minimum atomic E-state index is -3.18. The molecule has 5 heteroatoms. The lowest BCUT2D eigenvalue weighted by Crippen LogP contribution is -2.45. The third kappa shape index (κ3) is 4.39. The number of nitrogens with zero attached hydrogens (tertiary/aromatic N) is 1. The molecule has 0 aromatic rings. The second-order valence-corrected chi connectivity index (χ2v) is 7.02. The Morgan fingerprint density at radius 3 is 1.94 bits per heavy atom. The molecule has 1 unspecified atom stereocenters. The standard InChI is InChI=1S/C11H26N2O2S/c1-7-13(10(4)5)16(14,15)11(6)8-12-9(2)3/h9-12H,7-8H2,1-6H3. The maximum absolute atomic E-state index is 12.2. The maximum Gasteiger partial charge on any atom is 0.218 e. The monoisotopic (exact) mass is 250 g/mol. The number of sulfonamides is 1. The van der Waals surface area contributed by atoms with E-state index in [0.717, 1.165) is 0 Å². The first kappa shape index (κ1) is 15.9. The summed E-state index contributed by atoms with van der Waals surface area (Å²) in [5, 5.41) is 2.79. The van der Waals surface area contributed by atoms with Crippen molar-refractivity contribution in [3.8, 4) is 0 Å². The highest BCUT2D eigenvalue weighted by molar-refractivity contribution is 7.89. The predicted octanol–water partition coefficient (Wildman–Crippen LogP) is 1.43. The Hall–Kier alpha value is -0.130. The third-order valence-corrected chi connectivity index (χ3v) is 5.05. The van der Waals surface area contributed by atoms with E-state index in [0.29, 0.717) is 19.1 Å². The summed E-state index contributed by atoms with van der Waals surface area (Å²) in [5.41, 5.74) is 0. The molecule has 0 aliphatic heterocycles. The summed E-state index contributed by atoms with van der Waals surface area (Å²) in [6.07, 6.45) is 0. The molecule has 98 valence electrons. The minimum absolute atomic E-state index is 0.0245. The van der Waals surface area contributed by atoms with Crippen molar-refractivity contribution in [1.82, 2.24) is 9.62 Å². The fourth-order valence-electron chi connectivity index (χ4n) is 1.58. The van der Waals surface area contributed by atoms with Crippen LogP contribution < -0.4 is 5.32 Å². The van der Waals surface area contributed by atoms with Crippen LogP contribution in [0.25, 0.3) is 0 Å². The summed E-state index contributed by atoms with van der Waals surface area (Å²) >= 11 is 0. The van der Waals surface area contributed by atoms with Gasteiger partial charge in [-0.25, -0.2) is 8.42 Å². The molecule has 0 bridgehead atoms. The summed E-state index contributed by atoms with van der Waals surface area (Å²) < 4.78 is 26.0. The van der Waals surface area contributed by atoms with Gasteiger partial charge in [0.05, 0.1) is 5.25 Å². The van der Waals surface area contributed by atoms with Crippen molar-refractivity contribution < 1.29 is 8.42 Å². The van der Waals surface area contributed by atoms with Gasteiger partial charge in [0, 0.05) is 25.2 Å². The lowest BCUT2D eigenvalue weighted by atomic mass is 10.3. The molecule has 1 atom stereocenters. The number of hydrogen-bond acceptors (Lipinski definition) is 3. The van der Waals surface area contributed by atoms with E-state index in [1.54, 1.807) is 11.2 Å². The first-order valence-corrected chi connectivity index (χ1v) is 7.47. The molecule has 0 aromatic heterocycles. The Labute approximate surface area is 100 Å². The van der Waals surface area contributed by atoms with Crippen LogP contribution in [-0.4, -0.2) is 43.1 Å². The molecule has 0 heterocycles. The van der Waals surface area contributed by atoms with Crippen LogP contribution in [-0.2, 0) is 10.0 Å². The summed E-state index contributed by atoms with van der Waals surface area (Å²) in [6.45, 7) is 12.5. The van der Waals surface area contributed by atoms with Crippen LogP contribution >= 0.6 is 0 Å². The third-order valence-electron chi connectivity index (χ3n) is 2.54. The van der Waals surface area contributed by atoms with Crippen molar-refractivity contribution in [2.24, 2.45) is 0 Å². The van der Waals surface area contributed by atoms with Gasteiger partial charge in [-0.1, -0.05) is 20.8 Å². The van der Waals surface area contributed by atoms with Crippen LogP contribution in [0.4, 0.5) is 0 Å². The zero-order valence-corrected chi connectivity index (χ0v) is 12.1. The van der Waals surface area contributed by atoms with Gasteiger partial charge >= 0.3 is 0 Å². The highest BCUT2D eigenvalue weighted by Gasteiger charge is 2.29. The van der Waals surface area contributed by atoms with Crippen LogP contribution in [0.15, 0.2) is 0 Å². The second-order valence-electron chi connectivity index (χ2n) is 4.72. The van der Waals surface area contributed by atoms with Gasteiger partial charge in [-0.05, 0) is 20.8 Å². The van der Waals surface area contributed by atoms with Gasteiger partial charge in [0.2, 0.25) is 10.0 Å². The average molecular weight is 250 g/mol. The SMILES string of the molecule is CCN(C(C)C)S(=O)(=O)C(C)CNC(C)C. The molecule has 0 aliphatic rings. The topological polar surface area (TPSA) is 49.4 Å². The van der Waals surface area contributed by atoms with Crippen molar-refractivity contribution in [2.75, 3.05) is 13.1 Å². The maximum atomic E-state index is 12.2. The van der Waals surface area contributed by atoms with Crippen molar-refractivity contribution in [3.05, 3.63) is 0 Å². The molecule has 0 radical (unpaired) electrons. The first-order valence-electron chi connectivity index (χ1n) is 5.97. The van der Waals surface area contributed by atoms with Gasteiger partial charge in [0.15, 0.2) is 0 Å². The molecule has 0 aliphatic carbocycles. The molecule has 0 aromatic carbocycles. The Balaban J connectivity index is 4.63. The average Bonchev–Trinajstić information content (AvgIpc) is 2.13. The molecular formula is C11H26N2O2S. The van der Waals surface area contributed by atoms with E-state index in [2.05, 4.69) is 5.32 Å². The van der Waals surface area contributed by atoms with Crippen molar-refractivity contribution in [1.29, 1.82) is 0 Å². The van der Waals surface area contributed by atoms with Crippen molar-refractivity contribution >= 4 is 10.0 Å². The van der Waals surface area contributed by atoms with Crippen LogP contribution in [0.2, 0.25) is 0 Å². The van der Waals surface area contributed by atoms with E-state index in [-0.39, 0.29) is 11.3 Å². The molecule has 0 saturated carbocycles. The van der Waals surface area contributed by atoms with Crippen LogP contribution in [0.3, 0.4) is 0 Å². The van der Waals surface area contributed by atoms with E-state index in [4.69, 9.17) is 0 Å². The minimum Gasteiger partial charge on any atom is -0.313 e. The molecule has 16 heavy (non-hydrogen) atoms. The van der Waals surface area contributed by atoms with Gasteiger partial charge in [-0.2, -0.15) is 4.31 Å². The summed E-state index contributed by atoms with van der Waals surface area (Å²) in [6, 6.07) is 0.336. The van der Waals surface area contributed by atoms with Gasteiger partial charge in [-0.15, -0.1) is 0 Å². The highest BCUT2D eigenvalue weighted by atomic mass is 32.2. The van der Waals surface area contributed by atoms with Crippen LogP contribution in [0, 0.1) is 0 Å². The van der Waals surface area contributed by atoms with E-state index in [9.17, 15) is 8.42 Å². The highest BCUT2D eigenvalue weighted by Crippen LogP contribution is 2.12. The molecule has 0 saturated heterocycles. The van der Waals surface area contributed by atoms with Crippen molar-refractivity contribution in [2.45, 2.75) is 58.9 Å². The second kappa shape index (κ2) is 6.57. The number of nitrogens with one attached hydrogen (secondary N) is 1. The van der Waals surface area contributed by atoms with Gasteiger partial charge in [0.25, 0.3) is 0 Å². The first-order chi connectivity index (χ1) is 7.23. The normalized spacial score (nSPS) is 15.1. The molecule has 4 nitrogen and oxygen atoms in total. The molecule has 0 rings (SSSR count). The fraction of sp³-hybridized carbons (Fsp3) is 1.00. The Morgan fingerprint density at radius 2 is 1.62 bits per heavy atom. The Kier molecular flexibility index (Phi) is 6.51. The predicted molar refractivity (Wildman–Crippen MR) is 69.0 cm³/mol. The Morgan fingerprint density at radius 1 is 1.12 bits per heavy atom. The lowest BCUT2D eigenvalue weighted by Gasteiger charge is -2.28. The zero-order valence-electron chi connectivity index (χ0n) is 11.3. The summed E-state index contributed by atoms with van der Waals surface area (Å²) in [7, 11) is -3.18. The quantitative estimate of drug-likeness (QED) is 0.743. The summed E-state index contributed by atoms with van der Waals surface area (Å²) in [5.74, 6) is 0. The largest absolute Gasteiger partial charge is 0.313 e. The van der Waals surface area contributed by atoms with E-state index < -0.39 is 10.0 Å². The Bertz CT molecular complexity index is 286. The van der Waals surface area contributed by atoms with E-state index in [1.807, 2.05) is 34.6 Å². The van der Waals surface area contributed by atoms with Gasteiger partial charge in [-0.3, -0.25) is 0 Å².